The maximum absolute atomic E-state index is 13.6. The van der Waals surface area contributed by atoms with E-state index in [9.17, 15) is 18.4 Å². The second kappa shape index (κ2) is 9.65. The first-order valence-corrected chi connectivity index (χ1v) is 11.3. The number of aromatic nitrogens is 1. The molecular weight excluding hydrogens is 426 g/mol. The lowest BCUT2D eigenvalue weighted by atomic mass is 9.88. The minimum Gasteiger partial charge on any atom is -0.343 e. The molecule has 172 valence electrons. The lowest BCUT2D eigenvalue weighted by Gasteiger charge is -2.19. The van der Waals surface area contributed by atoms with E-state index in [0.717, 1.165) is 10.5 Å². The summed E-state index contributed by atoms with van der Waals surface area (Å²) in [4.78, 5) is 30.4. The molecule has 1 N–H and O–H groups in total. The van der Waals surface area contributed by atoms with Crippen molar-refractivity contribution in [2.24, 2.45) is 5.92 Å². The van der Waals surface area contributed by atoms with Gasteiger partial charge >= 0.3 is 0 Å². The monoisotopic (exact) mass is 452 g/mol. The highest BCUT2D eigenvalue weighted by Gasteiger charge is 2.47. The van der Waals surface area contributed by atoms with Gasteiger partial charge in [-0.2, -0.15) is 5.26 Å². The van der Waals surface area contributed by atoms with Gasteiger partial charge in [0.1, 0.15) is 6.04 Å². The highest BCUT2D eigenvalue weighted by Crippen LogP contribution is 2.31. The molecule has 2 aromatic rings. The third kappa shape index (κ3) is 5.36. The van der Waals surface area contributed by atoms with Crippen LogP contribution in [0.5, 0.6) is 0 Å². The number of allylic oxidation sites excluding steroid dienone is 1. The Labute approximate surface area is 191 Å². The highest BCUT2D eigenvalue weighted by molar-refractivity contribution is 6.07. The number of amides is 2. The molecule has 6 nitrogen and oxygen atoms in total. The van der Waals surface area contributed by atoms with Crippen LogP contribution >= 0.6 is 0 Å². The topological polar surface area (TPSA) is 86.1 Å². The van der Waals surface area contributed by atoms with E-state index in [1.807, 2.05) is 18.2 Å². The summed E-state index contributed by atoms with van der Waals surface area (Å²) in [5.41, 5.74) is 1.96. The van der Waals surface area contributed by atoms with E-state index in [-0.39, 0.29) is 0 Å². The molecule has 1 saturated carbocycles. The Morgan fingerprint density at radius 3 is 2.79 bits per heavy atom. The van der Waals surface area contributed by atoms with E-state index in [1.54, 1.807) is 12.1 Å². The van der Waals surface area contributed by atoms with Gasteiger partial charge < -0.3 is 10.2 Å². The van der Waals surface area contributed by atoms with Gasteiger partial charge in [-0.15, -0.1) is 0 Å². The number of benzene rings is 1. The predicted octanol–water partition coefficient (Wildman–Crippen LogP) is 4.32. The van der Waals surface area contributed by atoms with Crippen LogP contribution in [-0.4, -0.2) is 46.8 Å². The third-order valence-electron chi connectivity index (χ3n) is 6.36. The van der Waals surface area contributed by atoms with Crippen LogP contribution in [0.25, 0.3) is 17.0 Å². The van der Waals surface area contributed by atoms with E-state index >= 15 is 0 Å². The van der Waals surface area contributed by atoms with Crippen LogP contribution in [0.4, 0.5) is 8.78 Å². The summed E-state index contributed by atoms with van der Waals surface area (Å²) in [6, 6.07) is 7.81. The molecule has 1 aliphatic heterocycles. The van der Waals surface area contributed by atoms with E-state index in [4.69, 9.17) is 5.26 Å². The molecule has 2 amide bonds. The molecular formula is C25H26F2N4O2. The molecule has 1 aromatic carbocycles. The predicted molar refractivity (Wildman–Crippen MR) is 120 cm³/mol. The Morgan fingerprint density at radius 1 is 1.24 bits per heavy atom. The number of pyridine rings is 1. The summed E-state index contributed by atoms with van der Waals surface area (Å²) < 4.78 is 27.2. The zero-order chi connectivity index (χ0) is 23.4. The van der Waals surface area contributed by atoms with Gasteiger partial charge in [0.2, 0.25) is 5.91 Å². The number of alkyl halides is 2. The van der Waals surface area contributed by atoms with Crippen LogP contribution in [0.15, 0.2) is 36.5 Å². The lowest BCUT2D eigenvalue weighted by Crippen LogP contribution is -2.43. The highest BCUT2D eigenvalue weighted by atomic mass is 19.3. The van der Waals surface area contributed by atoms with E-state index < -0.39 is 43.3 Å². The molecule has 1 aliphatic carbocycles. The number of halogens is 2. The number of nitriles is 1. The van der Waals surface area contributed by atoms with Crippen LogP contribution in [0, 0.1) is 17.2 Å². The molecule has 0 radical (unpaired) electrons. The average molecular weight is 453 g/mol. The quantitative estimate of drug-likeness (QED) is 0.732. The fourth-order valence-electron chi connectivity index (χ4n) is 4.59. The van der Waals surface area contributed by atoms with Crippen molar-refractivity contribution in [2.75, 3.05) is 13.1 Å². The number of likely N-dealkylation sites (tertiary alicyclic amines) is 1. The first-order valence-electron chi connectivity index (χ1n) is 11.3. The Hall–Kier alpha value is -3.34. The number of carbonyl (C=O) groups is 2. The summed E-state index contributed by atoms with van der Waals surface area (Å²) in [6.45, 7) is -1.27. The zero-order valence-corrected chi connectivity index (χ0v) is 18.3. The SMILES string of the molecule is N#C[C@@H]1CC(F)(F)CN1C(=O)CNC(=O)c1ccnc2ccc(/C=C/C3CCCCC3)cc12. The molecule has 0 spiro atoms. The van der Waals surface area contributed by atoms with Crippen molar-refractivity contribution in [1.29, 1.82) is 5.26 Å². The third-order valence-corrected chi connectivity index (χ3v) is 6.36. The van der Waals surface area contributed by atoms with Crippen molar-refractivity contribution in [3.8, 4) is 6.07 Å². The Balaban J connectivity index is 1.47. The molecule has 33 heavy (non-hydrogen) atoms. The number of fused-ring (bicyclic) bond motifs is 1. The zero-order valence-electron chi connectivity index (χ0n) is 18.3. The second-order valence-electron chi connectivity index (χ2n) is 8.80. The fraction of sp³-hybridized carbons (Fsp3) is 0.440. The summed E-state index contributed by atoms with van der Waals surface area (Å²) >= 11 is 0. The van der Waals surface area contributed by atoms with Gasteiger partial charge in [0, 0.05) is 18.0 Å². The molecule has 4 rings (SSSR count). The maximum Gasteiger partial charge on any atom is 0.268 e. The van der Waals surface area contributed by atoms with Crippen molar-refractivity contribution < 1.29 is 18.4 Å². The maximum atomic E-state index is 13.6. The molecule has 1 atom stereocenters. The van der Waals surface area contributed by atoms with Gasteiger partial charge in [0.15, 0.2) is 0 Å². The van der Waals surface area contributed by atoms with Gasteiger partial charge in [-0.05, 0) is 42.5 Å². The molecule has 2 heterocycles. The molecule has 0 bridgehead atoms. The first kappa shape index (κ1) is 22.8. The summed E-state index contributed by atoms with van der Waals surface area (Å²) in [7, 11) is 0. The van der Waals surface area contributed by atoms with E-state index in [0.29, 0.717) is 22.4 Å². The van der Waals surface area contributed by atoms with Crippen molar-refractivity contribution in [3.05, 3.63) is 47.7 Å². The number of nitrogens with one attached hydrogen (secondary N) is 1. The minimum atomic E-state index is -3.09. The van der Waals surface area contributed by atoms with Crippen LogP contribution in [0.1, 0.15) is 54.4 Å². The molecule has 8 heteroatoms. The lowest BCUT2D eigenvalue weighted by molar-refractivity contribution is -0.131. The van der Waals surface area contributed by atoms with Gasteiger partial charge in [-0.1, -0.05) is 37.5 Å². The van der Waals surface area contributed by atoms with Crippen LogP contribution < -0.4 is 5.32 Å². The Kier molecular flexibility index (Phi) is 6.68. The summed E-state index contributed by atoms with van der Waals surface area (Å²) in [5, 5.41) is 12.2. The Bertz CT molecular complexity index is 1120. The van der Waals surface area contributed by atoms with Crippen molar-refractivity contribution in [1.82, 2.24) is 15.2 Å². The number of carbonyl (C=O) groups excluding carboxylic acids is 2. The van der Waals surface area contributed by atoms with E-state index in [2.05, 4.69) is 22.5 Å². The molecule has 1 aromatic heterocycles. The number of hydrogen-bond acceptors (Lipinski definition) is 4. The minimum absolute atomic E-state index is 0.351. The fourth-order valence-corrected chi connectivity index (χ4v) is 4.59. The van der Waals surface area contributed by atoms with Gasteiger partial charge in [-0.25, -0.2) is 8.78 Å². The normalized spacial score (nSPS) is 20.8. The van der Waals surface area contributed by atoms with Gasteiger partial charge in [0.05, 0.1) is 30.2 Å². The summed E-state index contributed by atoms with van der Waals surface area (Å²) in [5.74, 6) is -3.72. The van der Waals surface area contributed by atoms with E-state index in [1.165, 1.54) is 38.3 Å². The second-order valence-corrected chi connectivity index (χ2v) is 8.80. The average Bonchev–Trinajstić information content (AvgIpc) is 3.15. The van der Waals surface area contributed by atoms with Crippen molar-refractivity contribution in [2.45, 2.75) is 50.5 Å². The number of nitrogens with zero attached hydrogens (tertiary/aromatic N) is 3. The molecule has 0 unspecified atom stereocenters. The van der Waals surface area contributed by atoms with Crippen molar-refractivity contribution in [3.63, 3.8) is 0 Å². The molecule has 2 aliphatic rings. The smallest absolute Gasteiger partial charge is 0.268 e. The van der Waals surface area contributed by atoms with Gasteiger partial charge in [0.25, 0.3) is 11.8 Å². The number of rotatable bonds is 5. The Morgan fingerprint density at radius 2 is 2.03 bits per heavy atom. The van der Waals surface area contributed by atoms with Crippen molar-refractivity contribution >= 4 is 28.8 Å². The molecule has 2 fully saturated rings. The largest absolute Gasteiger partial charge is 0.343 e. The number of hydrogen-bond donors (Lipinski definition) is 1. The van der Waals surface area contributed by atoms with Gasteiger partial charge in [-0.3, -0.25) is 14.6 Å². The van der Waals surface area contributed by atoms with Crippen LogP contribution in [0.2, 0.25) is 0 Å². The van der Waals surface area contributed by atoms with Crippen LogP contribution in [0.3, 0.4) is 0 Å². The standard InChI is InChI=1S/C25H26F2N4O2/c26-25(27)13-19(14-28)31(16-25)23(32)15-30-24(33)20-10-11-29-22-9-8-18(12-21(20)22)7-6-17-4-2-1-3-5-17/h6-12,17,19H,1-5,13,15-16H2,(H,30,33)/b7-6+/t19-/m0/s1. The van der Waals surface area contributed by atoms with Crippen LogP contribution in [-0.2, 0) is 4.79 Å². The molecule has 1 saturated heterocycles. The first-order chi connectivity index (χ1) is 15.9. The summed E-state index contributed by atoms with van der Waals surface area (Å²) in [6.07, 6.45) is 11.3.